The van der Waals surface area contributed by atoms with E-state index in [-0.39, 0.29) is 29.9 Å². The molecule has 8 rings (SSSR count). The lowest BCUT2D eigenvalue weighted by molar-refractivity contribution is -0.264. The van der Waals surface area contributed by atoms with Crippen LogP contribution < -0.4 is 10.0 Å². The number of likely N-dealkylation sites (tertiary alicyclic amines) is 1. The molecular formula is C51H52ClN3O7S. The fourth-order valence-electron chi connectivity index (χ4n) is 8.58. The van der Waals surface area contributed by atoms with Crippen LogP contribution in [0.2, 0.25) is 5.02 Å². The summed E-state index contributed by atoms with van der Waals surface area (Å²) in [6, 6.07) is 47.3. The minimum atomic E-state index is -4.05. The molecule has 6 aromatic rings. The summed E-state index contributed by atoms with van der Waals surface area (Å²) >= 11 is 6.17. The average Bonchev–Trinajstić information content (AvgIpc) is 3.30. The Morgan fingerprint density at radius 2 is 1.43 bits per heavy atom. The maximum Gasteiger partial charge on any atom is 0.242 e. The van der Waals surface area contributed by atoms with Crippen LogP contribution in [0.1, 0.15) is 70.1 Å². The zero-order valence-electron chi connectivity index (χ0n) is 35.0. The van der Waals surface area contributed by atoms with Crippen molar-refractivity contribution in [2.75, 3.05) is 25.0 Å². The fraction of sp³-hybridized carbons (Fsp3) is 0.275. The maximum absolute atomic E-state index is 14.1. The number of hydrogen-bond donors (Lipinski definition) is 4. The zero-order chi connectivity index (χ0) is 44.0. The van der Waals surface area contributed by atoms with E-state index in [2.05, 4.69) is 27.1 Å². The molecule has 0 bridgehead atoms. The Kier molecular flexibility index (Phi) is 13.9. The van der Waals surface area contributed by atoms with Crippen molar-refractivity contribution in [1.82, 2.24) is 9.62 Å². The summed E-state index contributed by atoms with van der Waals surface area (Å²) in [7, 11) is -4.05. The molecule has 0 aliphatic carbocycles. The van der Waals surface area contributed by atoms with E-state index in [1.54, 1.807) is 24.3 Å². The van der Waals surface area contributed by atoms with Crippen LogP contribution in [-0.2, 0) is 42.9 Å². The number of hydrogen-bond acceptors (Lipinski definition) is 8. The number of piperidine rings is 1. The van der Waals surface area contributed by atoms with E-state index >= 15 is 0 Å². The van der Waals surface area contributed by atoms with Gasteiger partial charge in [-0.1, -0.05) is 138 Å². The fourth-order valence-corrected chi connectivity index (χ4v) is 9.90. The number of halogens is 1. The first kappa shape index (κ1) is 44.4. The average molecular weight is 887 g/mol. The number of amides is 1. The number of rotatable bonds is 14. The minimum absolute atomic E-state index is 0.0678. The largest absolute Gasteiger partial charge is 0.392 e. The van der Waals surface area contributed by atoms with Crippen molar-refractivity contribution in [1.29, 1.82) is 0 Å². The molecule has 63 heavy (non-hydrogen) atoms. The molecule has 6 aromatic carbocycles. The van der Waals surface area contributed by atoms with Crippen LogP contribution in [0, 0.1) is 6.92 Å². The number of nitrogens with zero attached hydrogens (tertiary/aromatic N) is 1. The van der Waals surface area contributed by atoms with Gasteiger partial charge in [-0.2, -0.15) is 4.72 Å². The first-order valence-corrected chi connectivity index (χ1v) is 23.1. The van der Waals surface area contributed by atoms with Crippen molar-refractivity contribution < 1.29 is 32.9 Å². The summed E-state index contributed by atoms with van der Waals surface area (Å²) in [6.45, 7) is 3.63. The topological polar surface area (TPSA) is 137 Å². The van der Waals surface area contributed by atoms with Gasteiger partial charge in [-0.3, -0.25) is 4.79 Å². The van der Waals surface area contributed by atoms with Crippen molar-refractivity contribution in [3.05, 3.63) is 202 Å². The number of anilines is 1. The Morgan fingerprint density at radius 3 is 2.10 bits per heavy atom. The van der Waals surface area contributed by atoms with Crippen LogP contribution >= 0.6 is 11.6 Å². The molecule has 2 aliphatic heterocycles. The summed E-state index contributed by atoms with van der Waals surface area (Å²) in [5.41, 5.74) is 5.45. The number of aliphatic hydroxyl groups is 2. The van der Waals surface area contributed by atoms with Gasteiger partial charge in [0.2, 0.25) is 15.9 Å². The summed E-state index contributed by atoms with van der Waals surface area (Å²) < 4.78 is 43.8. The summed E-state index contributed by atoms with van der Waals surface area (Å²) in [4.78, 5) is 16.5. The molecule has 5 atom stereocenters. The molecule has 2 heterocycles. The Bertz CT molecular complexity index is 2560. The van der Waals surface area contributed by atoms with E-state index in [1.807, 2.05) is 116 Å². The lowest BCUT2D eigenvalue weighted by Crippen LogP contribution is -2.49. The Labute approximate surface area is 374 Å². The number of nitrogens with one attached hydrogen (secondary N) is 2. The van der Waals surface area contributed by atoms with Crippen LogP contribution in [0.15, 0.2) is 163 Å². The molecular weight excluding hydrogens is 834 g/mol. The lowest BCUT2D eigenvalue weighted by atomic mass is 9.81. The second kappa shape index (κ2) is 19.7. The zero-order valence-corrected chi connectivity index (χ0v) is 36.6. The second-order valence-electron chi connectivity index (χ2n) is 16.5. The third kappa shape index (κ3) is 10.8. The normalized spacial score (nSPS) is 20.8. The molecule has 0 spiro atoms. The molecule has 0 aromatic heterocycles. The van der Waals surface area contributed by atoms with Gasteiger partial charge in [0.1, 0.15) is 6.04 Å². The number of aryl methyl sites for hydroxylation is 1. The van der Waals surface area contributed by atoms with Gasteiger partial charge in [-0.25, -0.2) is 8.42 Å². The van der Waals surface area contributed by atoms with Crippen molar-refractivity contribution in [2.45, 2.75) is 73.7 Å². The monoisotopic (exact) mass is 885 g/mol. The van der Waals surface area contributed by atoms with Gasteiger partial charge >= 0.3 is 0 Å². The molecule has 0 saturated carbocycles. The first-order valence-electron chi connectivity index (χ1n) is 21.3. The molecule has 2 saturated heterocycles. The first-order chi connectivity index (χ1) is 30.5. The molecule has 1 amide bonds. The lowest BCUT2D eigenvalue weighted by Gasteiger charge is -2.46. The number of carbonyl (C=O) groups is 1. The molecule has 0 radical (unpaired) electrons. The summed E-state index contributed by atoms with van der Waals surface area (Å²) in [6.07, 6.45) is -0.497. The van der Waals surface area contributed by atoms with Crippen molar-refractivity contribution >= 4 is 33.2 Å². The van der Waals surface area contributed by atoms with Crippen LogP contribution in [0.25, 0.3) is 0 Å². The van der Waals surface area contributed by atoms with Gasteiger partial charge in [0.05, 0.1) is 29.3 Å². The Hall–Kier alpha value is -5.21. The van der Waals surface area contributed by atoms with Gasteiger partial charge in [0, 0.05) is 41.8 Å². The van der Waals surface area contributed by atoms with Crippen molar-refractivity contribution in [2.24, 2.45) is 0 Å². The molecule has 12 heteroatoms. The van der Waals surface area contributed by atoms with Crippen LogP contribution in [0.3, 0.4) is 0 Å². The highest BCUT2D eigenvalue weighted by molar-refractivity contribution is 7.89. The predicted octanol–water partition coefficient (Wildman–Crippen LogP) is 8.59. The van der Waals surface area contributed by atoms with Crippen LogP contribution in [-0.4, -0.2) is 61.2 Å². The quantitative estimate of drug-likeness (QED) is 0.0855. The van der Waals surface area contributed by atoms with Gasteiger partial charge in [0.15, 0.2) is 6.29 Å². The number of ether oxygens (including phenoxy) is 2. The SMILES string of the molecule is Cc1ccc(S(=O)(=O)NC(Cc2ccccc2)C(=O)Nc2cccc(C3OC(CN4CCC(O)(c5ccc(Cl)cc5)CC4)C(c4ccccc4)C(c4ccc(CO)cc4)O3)c2)cc1. The van der Waals surface area contributed by atoms with E-state index in [4.69, 9.17) is 21.1 Å². The summed E-state index contributed by atoms with van der Waals surface area (Å²) in [5, 5.41) is 25.2. The third-order valence-electron chi connectivity index (χ3n) is 12.1. The van der Waals surface area contributed by atoms with E-state index in [0.717, 1.165) is 33.4 Å². The van der Waals surface area contributed by atoms with Gasteiger partial charge in [-0.15, -0.1) is 0 Å². The van der Waals surface area contributed by atoms with E-state index in [0.29, 0.717) is 48.7 Å². The highest BCUT2D eigenvalue weighted by atomic mass is 35.5. The van der Waals surface area contributed by atoms with Crippen LogP contribution in [0.4, 0.5) is 5.69 Å². The standard InChI is InChI=1S/C51H52ClN3O7S/c1-35-15-25-44(26-16-35)63(59,60)54-45(31-36-9-4-2-5-10-36)49(57)53-43-14-8-13-40(32-43)50-61-46(33-55-29-27-51(58,28-30-55)41-21-23-42(52)24-22-41)47(38-11-6-3-7-12-38)48(62-50)39-19-17-37(34-56)18-20-39/h2-26,32,45-48,50,54,56,58H,27-31,33-34H2,1H3,(H,53,57). The molecule has 5 unspecified atom stereocenters. The third-order valence-corrected chi connectivity index (χ3v) is 13.9. The van der Waals surface area contributed by atoms with Gasteiger partial charge in [0.25, 0.3) is 0 Å². The van der Waals surface area contributed by atoms with Gasteiger partial charge < -0.3 is 29.9 Å². The van der Waals surface area contributed by atoms with E-state index < -0.39 is 40.0 Å². The minimum Gasteiger partial charge on any atom is -0.392 e. The van der Waals surface area contributed by atoms with Crippen molar-refractivity contribution in [3.8, 4) is 0 Å². The highest BCUT2D eigenvalue weighted by Gasteiger charge is 2.44. The molecule has 2 aliphatic rings. The van der Waals surface area contributed by atoms with Crippen molar-refractivity contribution in [3.63, 3.8) is 0 Å². The summed E-state index contributed by atoms with van der Waals surface area (Å²) in [5.74, 6) is -0.757. The van der Waals surface area contributed by atoms with E-state index in [9.17, 15) is 23.4 Å². The molecule has 10 nitrogen and oxygen atoms in total. The smallest absolute Gasteiger partial charge is 0.242 e. The number of aliphatic hydroxyl groups excluding tert-OH is 1. The van der Waals surface area contributed by atoms with E-state index in [1.165, 1.54) is 12.1 Å². The molecule has 326 valence electrons. The number of sulfonamides is 1. The second-order valence-corrected chi connectivity index (χ2v) is 18.7. The molecule has 4 N–H and O–H groups in total. The van der Waals surface area contributed by atoms with Crippen LogP contribution in [0.5, 0.6) is 0 Å². The number of benzene rings is 6. The Morgan fingerprint density at radius 1 is 0.778 bits per heavy atom. The maximum atomic E-state index is 14.1. The number of carbonyl (C=O) groups excluding carboxylic acids is 1. The predicted molar refractivity (Wildman–Crippen MR) is 245 cm³/mol. The molecule has 2 fully saturated rings. The van der Waals surface area contributed by atoms with Gasteiger partial charge in [-0.05, 0) is 90.4 Å². The Balaban J connectivity index is 1.07. The highest BCUT2D eigenvalue weighted by Crippen LogP contribution is 2.48.